The molecule has 1 aliphatic rings. The summed E-state index contributed by atoms with van der Waals surface area (Å²) < 4.78 is 0. The Labute approximate surface area is 73.0 Å². The molecule has 2 atom stereocenters. The van der Waals surface area contributed by atoms with E-state index in [4.69, 9.17) is 5.11 Å². The van der Waals surface area contributed by atoms with E-state index in [1.54, 1.807) is 0 Å². The molecular formula is C8H17NOS. The molecule has 1 aliphatic heterocycles. The minimum atomic E-state index is -0.189. The first-order chi connectivity index (χ1) is 5.20. The molecule has 0 aromatic heterocycles. The summed E-state index contributed by atoms with van der Waals surface area (Å²) in [6.07, 6.45) is 1.10. The van der Waals surface area contributed by atoms with Gasteiger partial charge in [0.2, 0.25) is 0 Å². The number of aliphatic hydroxyl groups excluding tert-OH is 1. The van der Waals surface area contributed by atoms with E-state index in [-0.39, 0.29) is 6.10 Å². The van der Waals surface area contributed by atoms with Gasteiger partial charge < -0.3 is 10.0 Å². The number of hydrogen-bond acceptors (Lipinski definition) is 3. The Hall–Kier alpha value is 0.270. The summed E-state index contributed by atoms with van der Waals surface area (Å²) >= 11 is 2.01. The highest BCUT2D eigenvalue weighted by Gasteiger charge is 2.20. The summed E-state index contributed by atoms with van der Waals surface area (Å²) in [7, 11) is 2.10. The molecule has 0 amide bonds. The van der Waals surface area contributed by atoms with Crippen molar-refractivity contribution in [1.82, 2.24) is 4.90 Å². The Kier molecular flexibility index (Phi) is 3.69. The van der Waals surface area contributed by atoms with Crippen LogP contribution in [0.1, 0.15) is 13.3 Å². The molecule has 1 fully saturated rings. The molecule has 0 saturated carbocycles. The van der Waals surface area contributed by atoms with Crippen LogP contribution in [-0.4, -0.2) is 47.3 Å². The highest BCUT2D eigenvalue weighted by molar-refractivity contribution is 7.99. The Bertz CT molecular complexity index is 113. The lowest BCUT2D eigenvalue weighted by Crippen LogP contribution is -2.36. The van der Waals surface area contributed by atoms with Crippen molar-refractivity contribution in [3.8, 4) is 0 Å². The second kappa shape index (κ2) is 4.33. The van der Waals surface area contributed by atoms with Crippen LogP contribution in [0, 0.1) is 0 Å². The number of rotatable bonds is 3. The maximum Gasteiger partial charge on any atom is 0.0639 e. The third-order valence-corrected chi connectivity index (χ3v) is 3.23. The van der Waals surface area contributed by atoms with Crippen molar-refractivity contribution in [2.75, 3.05) is 25.1 Å². The van der Waals surface area contributed by atoms with Crippen molar-refractivity contribution in [3.05, 3.63) is 0 Å². The molecule has 0 radical (unpaired) electrons. The minimum Gasteiger partial charge on any atom is -0.392 e. The summed E-state index contributed by atoms with van der Waals surface area (Å²) in [6, 6.07) is 0.703. The Morgan fingerprint density at radius 2 is 2.45 bits per heavy atom. The highest BCUT2D eigenvalue weighted by atomic mass is 32.2. The van der Waals surface area contributed by atoms with Gasteiger partial charge in [-0.3, -0.25) is 0 Å². The van der Waals surface area contributed by atoms with Crippen molar-refractivity contribution in [1.29, 1.82) is 0 Å². The summed E-state index contributed by atoms with van der Waals surface area (Å²) in [5.74, 6) is 2.53. The molecule has 1 rings (SSSR count). The third-order valence-electron chi connectivity index (χ3n) is 2.08. The maximum atomic E-state index is 9.13. The molecular weight excluding hydrogens is 158 g/mol. The lowest BCUT2D eigenvalue weighted by molar-refractivity contribution is 0.123. The molecule has 1 unspecified atom stereocenters. The molecule has 1 saturated heterocycles. The molecule has 0 aliphatic carbocycles. The summed E-state index contributed by atoms with van der Waals surface area (Å²) in [4.78, 5) is 2.27. The molecule has 11 heavy (non-hydrogen) atoms. The molecule has 66 valence electrons. The second-order valence-electron chi connectivity index (χ2n) is 3.31. The minimum absolute atomic E-state index is 0.189. The van der Waals surface area contributed by atoms with Gasteiger partial charge in [0.15, 0.2) is 0 Å². The van der Waals surface area contributed by atoms with E-state index in [1.807, 2.05) is 18.7 Å². The zero-order chi connectivity index (χ0) is 8.27. The zero-order valence-corrected chi connectivity index (χ0v) is 8.10. The lowest BCUT2D eigenvalue weighted by atomic mass is 10.2. The predicted molar refractivity (Wildman–Crippen MR) is 50.0 cm³/mol. The SMILES string of the molecule is C[C@H](O)CN(C)C1CCSC1. The Balaban J connectivity index is 2.22. The molecule has 0 aromatic carbocycles. The van der Waals surface area contributed by atoms with Gasteiger partial charge in [0.25, 0.3) is 0 Å². The molecule has 3 heteroatoms. The van der Waals surface area contributed by atoms with Gasteiger partial charge in [-0.1, -0.05) is 0 Å². The van der Waals surface area contributed by atoms with Gasteiger partial charge in [0, 0.05) is 18.3 Å². The fraction of sp³-hybridized carbons (Fsp3) is 1.00. The third kappa shape index (κ3) is 3.01. The smallest absolute Gasteiger partial charge is 0.0639 e. The van der Waals surface area contributed by atoms with Crippen molar-refractivity contribution in [2.24, 2.45) is 0 Å². The Morgan fingerprint density at radius 3 is 2.91 bits per heavy atom. The van der Waals surface area contributed by atoms with Gasteiger partial charge in [0.1, 0.15) is 0 Å². The van der Waals surface area contributed by atoms with Crippen molar-refractivity contribution in [3.63, 3.8) is 0 Å². The fourth-order valence-corrected chi connectivity index (χ4v) is 2.73. The van der Waals surface area contributed by atoms with E-state index in [2.05, 4.69) is 11.9 Å². The lowest BCUT2D eigenvalue weighted by Gasteiger charge is -2.24. The molecule has 0 aromatic rings. The Morgan fingerprint density at radius 1 is 1.73 bits per heavy atom. The van der Waals surface area contributed by atoms with Gasteiger partial charge >= 0.3 is 0 Å². The van der Waals surface area contributed by atoms with Crippen LogP contribution in [0.15, 0.2) is 0 Å². The van der Waals surface area contributed by atoms with Crippen LogP contribution in [-0.2, 0) is 0 Å². The first-order valence-corrected chi connectivity index (χ1v) is 5.31. The molecule has 0 bridgehead atoms. The first-order valence-electron chi connectivity index (χ1n) is 4.16. The van der Waals surface area contributed by atoms with E-state index >= 15 is 0 Å². The van der Waals surface area contributed by atoms with E-state index < -0.39 is 0 Å². The van der Waals surface area contributed by atoms with Crippen LogP contribution in [0.25, 0.3) is 0 Å². The van der Waals surface area contributed by atoms with E-state index in [0.29, 0.717) is 6.04 Å². The van der Waals surface area contributed by atoms with E-state index in [9.17, 15) is 0 Å². The highest BCUT2D eigenvalue weighted by Crippen LogP contribution is 2.21. The van der Waals surface area contributed by atoms with Gasteiger partial charge in [-0.25, -0.2) is 0 Å². The molecule has 1 heterocycles. The number of likely N-dealkylation sites (N-methyl/N-ethyl adjacent to an activating group) is 1. The van der Waals surface area contributed by atoms with Crippen LogP contribution < -0.4 is 0 Å². The maximum absolute atomic E-state index is 9.13. The monoisotopic (exact) mass is 175 g/mol. The first kappa shape index (κ1) is 9.36. The normalized spacial score (nSPS) is 27.8. The molecule has 0 spiro atoms. The second-order valence-corrected chi connectivity index (χ2v) is 4.46. The van der Waals surface area contributed by atoms with Gasteiger partial charge in [-0.15, -0.1) is 0 Å². The number of aliphatic hydroxyl groups is 1. The number of nitrogens with zero attached hydrogens (tertiary/aromatic N) is 1. The van der Waals surface area contributed by atoms with Gasteiger partial charge in [-0.2, -0.15) is 11.8 Å². The van der Waals surface area contributed by atoms with Crippen LogP contribution in [0.4, 0.5) is 0 Å². The summed E-state index contributed by atoms with van der Waals surface area (Å²) in [5, 5.41) is 9.13. The van der Waals surface area contributed by atoms with Gasteiger partial charge in [0.05, 0.1) is 6.10 Å². The zero-order valence-electron chi connectivity index (χ0n) is 7.29. The molecule has 1 N–H and O–H groups in total. The fourth-order valence-electron chi connectivity index (χ4n) is 1.44. The average molecular weight is 175 g/mol. The van der Waals surface area contributed by atoms with Crippen molar-refractivity contribution in [2.45, 2.75) is 25.5 Å². The van der Waals surface area contributed by atoms with Gasteiger partial charge in [-0.05, 0) is 26.1 Å². The van der Waals surface area contributed by atoms with Crippen LogP contribution in [0.2, 0.25) is 0 Å². The largest absolute Gasteiger partial charge is 0.392 e. The topological polar surface area (TPSA) is 23.5 Å². The summed E-state index contributed by atoms with van der Waals surface area (Å²) in [5.41, 5.74) is 0. The van der Waals surface area contributed by atoms with Crippen LogP contribution in [0.5, 0.6) is 0 Å². The van der Waals surface area contributed by atoms with Crippen LogP contribution >= 0.6 is 11.8 Å². The van der Waals surface area contributed by atoms with Crippen molar-refractivity contribution < 1.29 is 5.11 Å². The predicted octanol–water partition coefficient (Wildman–Crippen LogP) is 0.804. The molecule has 2 nitrogen and oxygen atoms in total. The number of thioether (sulfide) groups is 1. The van der Waals surface area contributed by atoms with E-state index in [1.165, 1.54) is 17.9 Å². The quantitative estimate of drug-likeness (QED) is 0.686. The average Bonchev–Trinajstić information content (AvgIpc) is 2.35. The number of hydrogen-bond donors (Lipinski definition) is 1. The standard InChI is InChI=1S/C8H17NOS/c1-7(10)5-9(2)8-3-4-11-6-8/h7-8,10H,3-6H2,1-2H3/t7-,8?/m0/s1. The summed E-state index contributed by atoms with van der Waals surface area (Å²) in [6.45, 7) is 2.66. The van der Waals surface area contributed by atoms with E-state index in [0.717, 1.165) is 6.54 Å². The van der Waals surface area contributed by atoms with Crippen molar-refractivity contribution >= 4 is 11.8 Å². The van der Waals surface area contributed by atoms with Crippen LogP contribution in [0.3, 0.4) is 0 Å².